The van der Waals surface area contributed by atoms with Gasteiger partial charge in [-0.1, -0.05) is 38.1 Å². The Balaban J connectivity index is 2.28. The summed E-state index contributed by atoms with van der Waals surface area (Å²) in [4.78, 5) is 11.4. The van der Waals surface area contributed by atoms with Gasteiger partial charge in [0.1, 0.15) is 0 Å². The van der Waals surface area contributed by atoms with Gasteiger partial charge in [0, 0.05) is 19.5 Å². The lowest BCUT2D eigenvalue weighted by Gasteiger charge is -2.07. The maximum Gasteiger partial charge on any atom is 0.221 e. The van der Waals surface area contributed by atoms with Gasteiger partial charge in [0.2, 0.25) is 5.91 Å². The summed E-state index contributed by atoms with van der Waals surface area (Å²) in [7, 11) is 1.85. The summed E-state index contributed by atoms with van der Waals surface area (Å²) in [5.74, 6) is 0.808. The molecule has 0 atom stereocenters. The Hall–Kier alpha value is -1.35. The van der Waals surface area contributed by atoms with Gasteiger partial charge < -0.3 is 10.6 Å². The van der Waals surface area contributed by atoms with E-state index in [1.165, 1.54) is 11.1 Å². The van der Waals surface area contributed by atoms with Crippen LogP contribution in [0.25, 0.3) is 0 Å². The molecular weight excluding hydrogens is 236 g/mol. The second kappa shape index (κ2) is 8.70. The Morgan fingerprint density at radius 3 is 2.32 bits per heavy atom. The molecule has 106 valence electrons. The highest BCUT2D eigenvalue weighted by Gasteiger charge is 2.01. The lowest BCUT2D eigenvalue weighted by atomic mass is 10.0. The Morgan fingerprint density at radius 2 is 1.74 bits per heavy atom. The molecule has 0 saturated carbocycles. The zero-order chi connectivity index (χ0) is 14.1. The van der Waals surface area contributed by atoms with Crippen molar-refractivity contribution in [1.29, 1.82) is 0 Å². The largest absolute Gasteiger partial charge is 0.356 e. The summed E-state index contributed by atoms with van der Waals surface area (Å²) in [6.45, 7) is 5.91. The van der Waals surface area contributed by atoms with Crippen LogP contribution in [-0.4, -0.2) is 26.0 Å². The number of carbonyl (C=O) groups is 1. The van der Waals surface area contributed by atoms with Gasteiger partial charge in [-0.3, -0.25) is 4.79 Å². The number of amides is 1. The molecule has 0 unspecified atom stereocenters. The summed E-state index contributed by atoms with van der Waals surface area (Å²) in [5, 5.41) is 5.90. The van der Waals surface area contributed by atoms with E-state index in [1.54, 1.807) is 0 Å². The molecule has 0 aromatic heterocycles. The van der Waals surface area contributed by atoms with Crippen LogP contribution in [0.2, 0.25) is 0 Å². The van der Waals surface area contributed by atoms with E-state index in [-0.39, 0.29) is 5.91 Å². The van der Waals surface area contributed by atoms with Crippen molar-refractivity contribution in [2.45, 2.75) is 33.1 Å². The smallest absolute Gasteiger partial charge is 0.221 e. The van der Waals surface area contributed by atoms with Gasteiger partial charge in [0.15, 0.2) is 0 Å². The van der Waals surface area contributed by atoms with Gasteiger partial charge in [0.05, 0.1) is 0 Å². The average Bonchev–Trinajstić information content (AvgIpc) is 2.38. The second-order valence-corrected chi connectivity index (χ2v) is 5.37. The summed E-state index contributed by atoms with van der Waals surface area (Å²) in [6, 6.07) is 8.71. The van der Waals surface area contributed by atoms with Crippen molar-refractivity contribution in [3.8, 4) is 0 Å². The number of nitrogens with one attached hydrogen (secondary N) is 2. The molecule has 1 amide bonds. The first-order valence-corrected chi connectivity index (χ1v) is 7.11. The fraction of sp³-hybridized carbons (Fsp3) is 0.562. The molecule has 19 heavy (non-hydrogen) atoms. The highest BCUT2D eigenvalue weighted by atomic mass is 16.1. The fourth-order valence-electron chi connectivity index (χ4n) is 1.99. The molecule has 0 spiro atoms. The van der Waals surface area contributed by atoms with Gasteiger partial charge in [-0.05, 0) is 36.9 Å². The first-order valence-electron chi connectivity index (χ1n) is 7.11. The number of carbonyl (C=O) groups excluding carboxylic acids is 1. The highest BCUT2D eigenvalue weighted by Crippen LogP contribution is 2.09. The summed E-state index contributed by atoms with van der Waals surface area (Å²) < 4.78 is 0. The van der Waals surface area contributed by atoms with Gasteiger partial charge in [0.25, 0.3) is 0 Å². The molecule has 0 radical (unpaired) electrons. The molecule has 0 aliphatic carbocycles. The molecule has 1 rings (SSSR count). The first-order chi connectivity index (χ1) is 9.11. The van der Waals surface area contributed by atoms with E-state index in [2.05, 4.69) is 48.7 Å². The zero-order valence-electron chi connectivity index (χ0n) is 12.3. The predicted octanol–water partition coefficient (Wildman–Crippen LogP) is 2.15. The Bertz CT molecular complexity index is 371. The minimum Gasteiger partial charge on any atom is -0.356 e. The molecule has 0 fully saturated rings. The van der Waals surface area contributed by atoms with E-state index in [9.17, 15) is 4.79 Å². The second-order valence-electron chi connectivity index (χ2n) is 5.37. The number of hydrogen-bond acceptors (Lipinski definition) is 2. The van der Waals surface area contributed by atoms with Crippen LogP contribution in [0.5, 0.6) is 0 Å². The van der Waals surface area contributed by atoms with E-state index >= 15 is 0 Å². The van der Waals surface area contributed by atoms with Crippen LogP contribution in [0.1, 0.15) is 31.4 Å². The van der Waals surface area contributed by atoms with Crippen LogP contribution in [-0.2, 0) is 17.6 Å². The van der Waals surface area contributed by atoms with Crippen LogP contribution in [0.3, 0.4) is 0 Å². The van der Waals surface area contributed by atoms with Crippen molar-refractivity contribution in [1.82, 2.24) is 10.6 Å². The zero-order valence-corrected chi connectivity index (χ0v) is 12.3. The van der Waals surface area contributed by atoms with E-state index in [4.69, 9.17) is 0 Å². The van der Waals surface area contributed by atoms with Gasteiger partial charge in [-0.2, -0.15) is 0 Å². The molecular formula is C16H26N2O. The highest BCUT2D eigenvalue weighted by molar-refractivity contribution is 5.76. The molecule has 1 aromatic carbocycles. The van der Waals surface area contributed by atoms with E-state index in [1.807, 2.05) is 7.05 Å². The van der Waals surface area contributed by atoms with Crippen molar-refractivity contribution >= 4 is 5.91 Å². The predicted molar refractivity (Wildman–Crippen MR) is 80.2 cm³/mol. The number of rotatable bonds is 8. The SMILES string of the molecule is CNCCC(=O)NCCc1ccc(CC(C)C)cc1. The third-order valence-electron chi connectivity index (χ3n) is 3.00. The lowest BCUT2D eigenvalue weighted by Crippen LogP contribution is -2.28. The Labute approximate surface area is 116 Å². The summed E-state index contributed by atoms with van der Waals surface area (Å²) in [5.41, 5.74) is 2.67. The summed E-state index contributed by atoms with van der Waals surface area (Å²) >= 11 is 0. The molecule has 3 nitrogen and oxygen atoms in total. The monoisotopic (exact) mass is 262 g/mol. The van der Waals surface area contributed by atoms with Crippen molar-refractivity contribution in [2.24, 2.45) is 5.92 Å². The third-order valence-corrected chi connectivity index (χ3v) is 3.00. The molecule has 2 N–H and O–H groups in total. The Morgan fingerprint density at radius 1 is 1.11 bits per heavy atom. The maximum absolute atomic E-state index is 11.4. The van der Waals surface area contributed by atoms with Crippen molar-refractivity contribution in [3.05, 3.63) is 35.4 Å². The van der Waals surface area contributed by atoms with Crippen LogP contribution in [0.15, 0.2) is 24.3 Å². The minimum absolute atomic E-state index is 0.116. The van der Waals surface area contributed by atoms with Crippen molar-refractivity contribution < 1.29 is 4.79 Å². The topological polar surface area (TPSA) is 41.1 Å². The number of benzene rings is 1. The minimum atomic E-state index is 0.116. The quantitative estimate of drug-likeness (QED) is 0.754. The number of hydrogen-bond donors (Lipinski definition) is 2. The fourth-order valence-corrected chi connectivity index (χ4v) is 1.99. The van der Waals surface area contributed by atoms with Gasteiger partial charge >= 0.3 is 0 Å². The standard InChI is InChI=1S/C16H26N2O/c1-13(2)12-15-6-4-14(5-7-15)8-11-18-16(19)9-10-17-3/h4-7,13,17H,8-12H2,1-3H3,(H,18,19). The van der Waals surface area contributed by atoms with Gasteiger partial charge in [-0.15, -0.1) is 0 Å². The van der Waals surface area contributed by atoms with E-state index < -0.39 is 0 Å². The lowest BCUT2D eigenvalue weighted by molar-refractivity contribution is -0.120. The summed E-state index contributed by atoms with van der Waals surface area (Å²) in [6.07, 6.45) is 2.57. The third kappa shape index (κ3) is 6.97. The molecule has 0 saturated heterocycles. The Kier molecular flexibility index (Phi) is 7.19. The van der Waals surface area contributed by atoms with Crippen LogP contribution in [0.4, 0.5) is 0 Å². The van der Waals surface area contributed by atoms with E-state index in [0.29, 0.717) is 18.9 Å². The molecule has 3 heteroatoms. The molecule has 0 aliphatic heterocycles. The molecule has 1 aromatic rings. The van der Waals surface area contributed by atoms with Gasteiger partial charge in [-0.25, -0.2) is 0 Å². The molecule has 0 bridgehead atoms. The van der Waals surface area contributed by atoms with Crippen molar-refractivity contribution in [3.63, 3.8) is 0 Å². The van der Waals surface area contributed by atoms with Crippen LogP contribution >= 0.6 is 0 Å². The normalized spacial score (nSPS) is 10.7. The molecule has 0 aliphatic rings. The average molecular weight is 262 g/mol. The van der Waals surface area contributed by atoms with Crippen molar-refractivity contribution in [2.75, 3.05) is 20.1 Å². The van der Waals surface area contributed by atoms with E-state index in [0.717, 1.165) is 19.4 Å². The van der Waals surface area contributed by atoms with Crippen LogP contribution < -0.4 is 10.6 Å². The molecule has 0 heterocycles. The maximum atomic E-state index is 11.4. The first kappa shape index (κ1) is 15.7. The van der Waals surface area contributed by atoms with Crippen LogP contribution in [0, 0.1) is 5.92 Å².